The first-order valence-corrected chi connectivity index (χ1v) is 21.0. The molecule has 0 fully saturated rings. The maximum atomic E-state index is 11.0. The second-order valence-electron chi connectivity index (χ2n) is 18.5. The molecular formula is C48H84O8Si. The van der Waals surface area contributed by atoms with E-state index in [9.17, 15) is 39.6 Å². The van der Waals surface area contributed by atoms with Crippen LogP contribution in [-0.4, -0.2) is 34.8 Å². The molecule has 0 radical (unpaired) electrons. The number of carboxylic acid groups (broad SMARTS) is 4. The predicted octanol–water partition coefficient (Wildman–Crippen LogP) is 7.62. The van der Waals surface area contributed by atoms with Crippen LogP contribution in [0.15, 0.2) is 44.6 Å². The van der Waals surface area contributed by atoms with Crippen LogP contribution in [0.2, 0.25) is 0 Å². The molecule has 0 N–H and O–H groups in total. The SMILES string of the molecule is CC(C)C(C(=O)[O-])=C(C(C)C)C(C)C.CC(C)C(C(=O)[O-])=C(C(C)C)C(C)C.CC(C)C(C(=O)[O-])=C(C(C)C)C(C)C.CC(C)C(C(=O)[O-])=C(C(C)C)C(C)C.[Si+4]. The molecule has 0 spiro atoms. The molecule has 57 heavy (non-hydrogen) atoms. The molecule has 9 heteroatoms. The molecule has 0 amide bonds. The zero-order chi connectivity index (χ0) is 45.9. The molecule has 328 valence electrons. The molecule has 0 aliphatic carbocycles. The third-order valence-electron chi connectivity index (χ3n) is 9.41. The van der Waals surface area contributed by atoms with Crippen molar-refractivity contribution in [1.82, 2.24) is 0 Å². The molecule has 0 aliphatic heterocycles. The molecule has 0 heterocycles. The van der Waals surface area contributed by atoms with Crippen molar-refractivity contribution in [1.29, 1.82) is 0 Å². The Kier molecular flexibility index (Phi) is 33.4. The standard InChI is InChI=1S/4C12H22O2.Si/c4*1-7(2)10(8(3)4)11(9(5)6)12(13)14;/h4*7-9H,1-6H3,(H,13,14);/q;;;;+4/p-4. The summed E-state index contributed by atoms with van der Waals surface area (Å²) in [5.41, 5.74) is 5.98. The van der Waals surface area contributed by atoms with Crippen molar-refractivity contribution in [3.05, 3.63) is 44.6 Å². The Bertz CT molecular complexity index is 1110. The van der Waals surface area contributed by atoms with Gasteiger partial charge in [-0.15, -0.1) is 0 Å². The summed E-state index contributed by atoms with van der Waals surface area (Å²) in [4.78, 5) is 44.1. The molecule has 8 nitrogen and oxygen atoms in total. The number of hydrogen-bond donors (Lipinski definition) is 0. The van der Waals surface area contributed by atoms with Crippen molar-refractivity contribution < 1.29 is 39.6 Å². The molecule has 0 aromatic heterocycles. The van der Waals surface area contributed by atoms with Gasteiger partial charge in [0.2, 0.25) is 0 Å². The Hall–Kier alpha value is -2.94. The maximum absolute atomic E-state index is 11.0. The van der Waals surface area contributed by atoms with Gasteiger partial charge in [0.25, 0.3) is 0 Å². The summed E-state index contributed by atoms with van der Waals surface area (Å²) in [6.45, 7) is 47.6. The molecule has 0 rings (SSSR count). The zero-order valence-corrected chi connectivity index (χ0v) is 41.7. The molecular weight excluding hydrogens is 733 g/mol. The molecule has 0 bridgehead atoms. The van der Waals surface area contributed by atoms with E-state index < -0.39 is 23.9 Å². The van der Waals surface area contributed by atoms with Crippen LogP contribution in [0.5, 0.6) is 0 Å². The predicted molar refractivity (Wildman–Crippen MR) is 232 cm³/mol. The quantitative estimate of drug-likeness (QED) is 0.114. The van der Waals surface area contributed by atoms with E-state index >= 15 is 0 Å². The van der Waals surface area contributed by atoms with Crippen molar-refractivity contribution in [3.8, 4) is 0 Å². The molecule has 0 aliphatic rings. The van der Waals surface area contributed by atoms with Gasteiger partial charge in [-0.1, -0.05) is 188 Å². The molecule has 0 unspecified atom stereocenters. The molecule has 0 aromatic carbocycles. The Morgan fingerprint density at radius 1 is 0.228 bits per heavy atom. The molecule has 0 saturated heterocycles. The van der Waals surface area contributed by atoms with Gasteiger partial charge in [0.1, 0.15) is 0 Å². The second-order valence-corrected chi connectivity index (χ2v) is 18.5. The number of hydrogen-bond acceptors (Lipinski definition) is 8. The summed E-state index contributed by atoms with van der Waals surface area (Å²) in [6.07, 6.45) is 0. The monoisotopic (exact) mass is 817 g/mol. The van der Waals surface area contributed by atoms with Crippen molar-refractivity contribution in [2.75, 3.05) is 0 Å². The number of carboxylic acids is 4. The maximum Gasteiger partial charge on any atom is 4.00 e. The Morgan fingerprint density at radius 3 is 0.333 bits per heavy atom. The topological polar surface area (TPSA) is 161 Å². The van der Waals surface area contributed by atoms with Gasteiger partial charge in [0, 0.05) is 0 Å². The van der Waals surface area contributed by atoms with Crippen LogP contribution in [0.3, 0.4) is 0 Å². The molecule has 0 aromatic rings. The summed E-state index contributed by atoms with van der Waals surface area (Å²) >= 11 is 0. The number of aliphatic carboxylic acids is 4. The van der Waals surface area contributed by atoms with Crippen LogP contribution in [-0.2, 0) is 19.2 Å². The summed E-state index contributed by atoms with van der Waals surface area (Å²) in [6, 6.07) is 0. The van der Waals surface area contributed by atoms with Gasteiger partial charge < -0.3 is 39.6 Å². The Balaban J connectivity index is -0.000000210. The zero-order valence-electron chi connectivity index (χ0n) is 40.7. The van der Waals surface area contributed by atoms with Crippen LogP contribution in [0, 0.1) is 71.0 Å². The minimum atomic E-state index is -1.02. The molecule has 0 atom stereocenters. The van der Waals surface area contributed by atoms with E-state index in [-0.39, 0.29) is 82.0 Å². The summed E-state index contributed by atoms with van der Waals surface area (Å²) in [5.74, 6) is -1.80. The van der Waals surface area contributed by atoms with Gasteiger partial charge in [0.05, 0.1) is 23.9 Å². The number of carbonyl (C=O) groups is 4. The van der Waals surface area contributed by atoms with E-state index in [1.54, 1.807) is 0 Å². The normalized spacial score (nSPS) is 11.0. The van der Waals surface area contributed by atoms with Gasteiger partial charge >= 0.3 is 11.0 Å². The Labute approximate surface area is 355 Å². The van der Waals surface area contributed by atoms with Gasteiger partial charge in [0.15, 0.2) is 0 Å². The van der Waals surface area contributed by atoms with Crippen LogP contribution >= 0.6 is 0 Å². The largest absolute Gasteiger partial charge is 4.00 e. The van der Waals surface area contributed by atoms with Crippen molar-refractivity contribution in [2.24, 2.45) is 71.0 Å². The number of carbonyl (C=O) groups excluding carboxylic acids is 4. The first-order chi connectivity index (χ1) is 25.1. The fourth-order valence-electron chi connectivity index (χ4n) is 7.90. The van der Waals surface area contributed by atoms with Crippen molar-refractivity contribution in [3.63, 3.8) is 0 Å². The minimum Gasteiger partial charge on any atom is -0.545 e. The average Bonchev–Trinajstić information content (AvgIpc) is 2.97. The van der Waals surface area contributed by atoms with Gasteiger partial charge in [-0.25, -0.2) is 0 Å². The minimum absolute atomic E-state index is 0. The number of rotatable bonds is 16. The van der Waals surface area contributed by atoms with E-state index in [1.165, 1.54) is 0 Å². The fourth-order valence-corrected chi connectivity index (χ4v) is 7.90. The third kappa shape index (κ3) is 23.3. The first kappa shape index (κ1) is 63.2. The van der Waals surface area contributed by atoms with E-state index in [4.69, 9.17) is 0 Å². The average molecular weight is 817 g/mol. The van der Waals surface area contributed by atoms with E-state index in [0.29, 0.717) is 22.3 Å². The van der Waals surface area contributed by atoms with Crippen LogP contribution in [0.4, 0.5) is 0 Å². The summed E-state index contributed by atoms with van der Waals surface area (Å²) < 4.78 is 0. The van der Waals surface area contributed by atoms with Crippen LogP contribution in [0.25, 0.3) is 0 Å². The van der Waals surface area contributed by atoms with Crippen LogP contribution in [0.1, 0.15) is 166 Å². The van der Waals surface area contributed by atoms with Crippen LogP contribution < -0.4 is 20.4 Å². The summed E-state index contributed by atoms with van der Waals surface area (Å²) in [7, 11) is 0. The summed E-state index contributed by atoms with van der Waals surface area (Å²) in [5, 5.41) is 44.1. The van der Waals surface area contributed by atoms with E-state index in [2.05, 4.69) is 0 Å². The number of allylic oxidation sites excluding steroid dienone is 4. The Morgan fingerprint density at radius 2 is 0.316 bits per heavy atom. The van der Waals surface area contributed by atoms with Crippen molar-refractivity contribution in [2.45, 2.75) is 166 Å². The smallest absolute Gasteiger partial charge is 0.545 e. The van der Waals surface area contributed by atoms with Crippen molar-refractivity contribution >= 4 is 34.8 Å². The van der Waals surface area contributed by atoms with Gasteiger partial charge in [-0.2, -0.15) is 0 Å². The molecule has 0 saturated carbocycles. The van der Waals surface area contributed by atoms with Gasteiger partial charge in [-0.3, -0.25) is 0 Å². The fraction of sp³-hybridized carbons (Fsp3) is 0.750. The van der Waals surface area contributed by atoms with E-state index in [1.807, 2.05) is 166 Å². The third-order valence-corrected chi connectivity index (χ3v) is 9.41. The van der Waals surface area contributed by atoms with E-state index in [0.717, 1.165) is 22.3 Å². The second kappa shape index (κ2) is 30.1. The van der Waals surface area contributed by atoms with Gasteiger partial charge in [-0.05, 0) is 93.3 Å². The first-order valence-electron chi connectivity index (χ1n) is 21.0.